The zero-order valence-electron chi connectivity index (χ0n) is 18.2. The van der Waals surface area contributed by atoms with E-state index in [-0.39, 0.29) is 29.6 Å². The first kappa shape index (κ1) is 22.8. The summed E-state index contributed by atoms with van der Waals surface area (Å²) in [5, 5.41) is 6.04. The molecule has 1 atom stereocenters. The maximum atomic E-state index is 13.8. The van der Waals surface area contributed by atoms with E-state index < -0.39 is 11.7 Å². The molecular weight excluding hydrogens is 447 g/mol. The van der Waals surface area contributed by atoms with Crippen LogP contribution in [0.1, 0.15) is 26.2 Å². The van der Waals surface area contributed by atoms with E-state index in [4.69, 9.17) is 0 Å². The molecule has 3 aromatic rings. The van der Waals surface area contributed by atoms with Crippen molar-refractivity contribution in [1.82, 2.24) is 19.9 Å². The van der Waals surface area contributed by atoms with Gasteiger partial charge in [-0.3, -0.25) is 19.0 Å². The highest BCUT2D eigenvalue weighted by Crippen LogP contribution is 2.29. The van der Waals surface area contributed by atoms with Gasteiger partial charge in [-0.15, -0.1) is 0 Å². The Balaban J connectivity index is 1.49. The number of halogens is 1. The first-order valence-corrected chi connectivity index (χ1v) is 11.7. The van der Waals surface area contributed by atoms with Gasteiger partial charge in [0.25, 0.3) is 5.56 Å². The van der Waals surface area contributed by atoms with E-state index in [2.05, 4.69) is 20.6 Å². The number of piperidine rings is 1. The van der Waals surface area contributed by atoms with Crippen LogP contribution in [-0.2, 0) is 16.1 Å². The third-order valence-electron chi connectivity index (χ3n) is 5.45. The van der Waals surface area contributed by atoms with Crippen molar-refractivity contribution < 1.29 is 14.0 Å². The Morgan fingerprint density at radius 2 is 2.12 bits per heavy atom. The van der Waals surface area contributed by atoms with Crippen molar-refractivity contribution in [3.8, 4) is 0 Å². The molecule has 1 aliphatic heterocycles. The quantitative estimate of drug-likeness (QED) is 0.547. The molecule has 0 saturated carbocycles. The summed E-state index contributed by atoms with van der Waals surface area (Å²) in [6.07, 6.45) is 3.83. The molecule has 0 bridgehead atoms. The Kier molecular flexibility index (Phi) is 6.97. The van der Waals surface area contributed by atoms with Crippen molar-refractivity contribution in [1.29, 1.82) is 0 Å². The number of para-hydroxylation sites is 1. The molecule has 0 unspecified atom stereocenters. The highest BCUT2D eigenvalue weighted by Gasteiger charge is 2.27. The van der Waals surface area contributed by atoms with Crippen molar-refractivity contribution in [3.63, 3.8) is 0 Å². The summed E-state index contributed by atoms with van der Waals surface area (Å²) < 4.78 is 15.3. The summed E-state index contributed by atoms with van der Waals surface area (Å²) in [6, 6.07) is 5.82. The van der Waals surface area contributed by atoms with Crippen LogP contribution in [0.5, 0.6) is 0 Å². The maximum Gasteiger partial charge on any atom is 0.273 e. The van der Waals surface area contributed by atoms with Crippen molar-refractivity contribution in [2.24, 2.45) is 5.92 Å². The molecule has 9 nitrogen and oxygen atoms in total. The van der Waals surface area contributed by atoms with Crippen LogP contribution in [0.15, 0.2) is 35.4 Å². The van der Waals surface area contributed by atoms with Crippen LogP contribution in [0, 0.1) is 11.7 Å². The first-order chi connectivity index (χ1) is 16.0. The summed E-state index contributed by atoms with van der Waals surface area (Å²) in [4.78, 5) is 48.4. The lowest BCUT2D eigenvalue weighted by Crippen LogP contribution is -2.43. The zero-order chi connectivity index (χ0) is 23.4. The van der Waals surface area contributed by atoms with Crippen molar-refractivity contribution >= 4 is 44.3 Å². The number of carbonyl (C=O) groups is 2. The van der Waals surface area contributed by atoms with Crippen LogP contribution >= 0.6 is 11.3 Å². The Morgan fingerprint density at radius 3 is 2.91 bits per heavy atom. The number of nitrogens with zero attached hydrogens (tertiary/aromatic N) is 4. The molecular formula is C22H25FN6O3S. The van der Waals surface area contributed by atoms with Gasteiger partial charge in [-0.05, 0) is 31.4 Å². The molecule has 1 fully saturated rings. The van der Waals surface area contributed by atoms with Gasteiger partial charge < -0.3 is 15.5 Å². The maximum absolute atomic E-state index is 13.8. The van der Waals surface area contributed by atoms with E-state index in [9.17, 15) is 18.8 Å². The zero-order valence-corrected chi connectivity index (χ0v) is 19.0. The van der Waals surface area contributed by atoms with Gasteiger partial charge in [0.05, 0.1) is 11.6 Å². The fourth-order valence-corrected chi connectivity index (χ4v) is 4.75. The van der Waals surface area contributed by atoms with Crippen LogP contribution in [0.2, 0.25) is 0 Å². The second kappa shape index (κ2) is 10.1. The van der Waals surface area contributed by atoms with Gasteiger partial charge in [-0.2, -0.15) is 4.98 Å². The van der Waals surface area contributed by atoms with Crippen LogP contribution in [0.3, 0.4) is 0 Å². The smallest absolute Gasteiger partial charge is 0.273 e. The molecule has 4 rings (SSSR count). The number of rotatable bonds is 7. The van der Waals surface area contributed by atoms with Crippen LogP contribution in [-0.4, -0.2) is 46.0 Å². The van der Waals surface area contributed by atoms with Crippen LogP contribution in [0.25, 0.3) is 10.3 Å². The average Bonchev–Trinajstić information content (AvgIpc) is 3.26. The molecule has 1 aromatic carbocycles. The van der Waals surface area contributed by atoms with Crippen molar-refractivity contribution in [2.75, 3.05) is 29.9 Å². The predicted molar refractivity (Wildman–Crippen MR) is 125 cm³/mol. The van der Waals surface area contributed by atoms with Gasteiger partial charge in [0.15, 0.2) is 10.8 Å². The van der Waals surface area contributed by atoms with Gasteiger partial charge >= 0.3 is 0 Å². The van der Waals surface area contributed by atoms with E-state index in [1.54, 1.807) is 6.07 Å². The molecule has 0 aliphatic carbocycles. The van der Waals surface area contributed by atoms with Gasteiger partial charge in [0.2, 0.25) is 11.8 Å². The van der Waals surface area contributed by atoms with Crippen molar-refractivity contribution in [2.45, 2.75) is 32.7 Å². The first-order valence-electron chi connectivity index (χ1n) is 10.9. The summed E-state index contributed by atoms with van der Waals surface area (Å²) in [5.41, 5.74) is -0.0303. The standard InChI is InChI=1S/C22H25FN6O3S/c1-2-9-24-20(31)14-6-5-10-28(11-14)22-27-19-18(33-22)21(32)29(13-25-19)12-17(30)26-16-8-4-3-7-15(16)23/h3-4,7-8,13-14H,2,5-6,9-12H2,1H3,(H,24,31)(H,26,30)/t14-/m0/s1. The van der Waals surface area contributed by atoms with E-state index in [1.807, 2.05) is 11.8 Å². The second-order valence-electron chi connectivity index (χ2n) is 7.93. The SMILES string of the molecule is CCCNC(=O)[C@H]1CCCN(c2nc3ncn(CC(=O)Nc4ccccc4F)c(=O)c3s2)C1. The van der Waals surface area contributed by atoms with Crippen molar-refractivity contribution in [3.05, 3.63) is 46.8 Å². The fraction of sp³-hybridized carbons (Fsp3) is 0.409. The molecule has 0 radical (unpaired) electrons. The average molecular weight is 473 g/mol. The third kappa shape index (κ3) is 5.19. The van der Waals surface area contributed by atoms with Gasteiger partial charge in [0, 0.05) is 19.6 Å². The lowest BCUT2D eigenvalue weighted by molar-refractivity contribution is -0.125. The molecule has 3 heterocycles. The number of hydrogen-bond donors (Lipinski definition) is 2. The number of carbonyl (C=O) groups excluding carboxylic acids is 2. The molecule has 33 heavy (non-hydrogen) atoms. The molecule has 2 N–H and O–H groups in total. The Hall–Kier alpha value is -3.34. The van der Waals surface area contributed by atoms with Gasteiger partial charge in [0.1, 0.15) is 23.4 Å². The number of fused-ring (bicyclic) bond motifs is 1. The number of anilines is 2. The minimum Gasteiger partial charge on any atom is -0.356 e. The van der Waals surface area contributed by atoms with E-state index in [0.29, 0.717) is 28.6 Å². The minimum atomic E-state index is -0.554. The highest BCUT2D eigenvalue weighted by atomic mass is 32.1. The predicted octanol–water partition coefficient (Wildman–Crippen LogP) is 2.37. The number of benzene rings is 1. The number of nitrogens with one attached hydrogen (secondary N) is 2. The molecule has 2 aromatic heterocycles. The molecule has 2 amide bonds. The van der Waals surface area contributed by atoms with Gasteiger partial charge in [-0.1, -0.05) is 30.4 Å². The number of thiazole rings is 1. The third-order valence-corrected chi connectivity index (χ3v) is 6.54. The topological polar surface area (TPSA) is 109 Å². The lowest BCUT2D eigenvalue weighted by Gasteiger charge is -2.31. The van der Waals surface area contributed by atoms with Crippen LogP contribution in [0.4, 0.5) is 15.2 Å². The molecule has 174 valence electrons. The molecule has 1 saturated heterocycles. The summed E-state index contributed by atoms with van der Waals surface area (Å²) >= 11 is 1.21. The fourth-order valence-electron chi connectivity index (χ4n) is 3.75. The summed E-state index contributed by atoms with van der Waals surface area (Å²) in [5.74, 6) is -1.17. The Bertz CT molecular complexity index is 1230. The number of amides is 2. The summed E-state index contributed by atoms with van der Waals surface area (Å²) in [6.45, 7) is 3.65. The lowest BCUT2D eigenvalue weighted by atomic mass is 9.97. The number of aromatic nitrogens is 3. The summed E-state index contributed by atoms with van der Waals surface area (Å²) in [7, 11) is 0. The van der Waals surface area contributed by atoms with Gasteiger partial charge in [-0.25, -0.2) is 9.37 Å². The largest absolute Gasteiger partial charge is 0.356 e. The second-order valence-corrected chi connectivity index (χ2v) is 8.91. The van der Waals surface area contributed by atoms with Crippen LogP contribution < -0.4 is 21.1 Å². The van der Waals surface area contributed by atoms with E-state index in [1.165, 1.54) is 40.4 Å². The highest BCUT2D eigenvalue weighted by molar-refractivity contribution is 7.22. The minimum absolute atomic E-state index is 0.0454. The molecule has 11 heteroatoms. The van der Waals surface area contributed by atoms with E-state index in [0.717, 1.165) is 25.8 Å². The normalized spacial score (nSPS) is 16.1. The molecule has 0 spiro atoms. The Labute approximate surface area is 193 Å². The van der Waals surface area contributed by atoms with E-state index >= 15 is 0 Å². The Morgan fingerprint density at radius 1 is 1.30 bits per heavy atom. The monoisotopic (exact) mass is 472 g/mol. The molecule has 1 aliphatic rings. The number of hydrogen-bond acceptors (Lipinski definition) is 7.